The molecule has 0 N–H and O–H groups in total. The summed E-state index contributed by atoms with van der Waals surface area (Å²) >= 11 is 0. The smallest absolute Gasteiger partial charge is 0.243 e. The van der Waals surface area contributed by atoms with E-state index in [2.05, 4.69) is 18.7 Å². The predicted octanol–water partition coefficient (Wildman–Crippen LogP) is 3.77. The lowest BCUT2D eigenvalue weighted by atomic mass is 9.94. The largest absolute Gasteiger partial charge is 0.303 e. The number of nitrogens with zero attached hydrogens (tertiary/aromatic N) is 2. The van der Waals surface area contributed by atoms with Crippen LogP contribution < -0.4 is 0 Å². The van der Waals surface area contributed by atoms with Gasteiger partial charge in [0.1, 0.15) is 0 Å². The minimum absolute atomic E-state index is 0.445. The molecule has 0 unspecified atom stereocenters. The Hall–Kier alpha value is -0.910. The summed E-state index contributed by atoms with van der Waals surface area (Å²) in [4.78, 5) is 3.03. The fourth-order valence-corrected chi connectivity index (χ4v) is 5.68. The van der Waals surface area contributed by atoms with Crippen LogP contribution in [0.25, 0.3) is 0 Å². The summed E-state index contributed by atoms with van der Waals surface area (Å²) in [6.45, 7) is 9.37. The lowest BCUT2D eigenvalue weighted by Crippen LogP contribution is -2.43. The topological polar surface area (TPSA) is 40.6 Å². The van der Waals surface area contributed by atoms with Crippen LogP contribution in [0.2, 0.25) is 0 Å². The molecule has 2 aliphatic rings. The average Bonchev–Trinajstić information content (AvgIpc) is 2.65. The molecule has 0 radical (unpaired) electrons. The minimum Gasteiger partial charge on any atom is -0.303 e. The lowest BCUT2D eigenvalue weighted by molar-refractivity contribution is 0.142. The zero-order valence-electron chi connectivity index (χ0n) is 16.4. The normalized spacial score (nSPS) is 21.9. The van der Waals surface area contributed by atoms with E-state index in [9.17, 15) is 8.42 Å². The first-order valence-electron chi connectivity index (χ1n) is 10.3. The minimum atomic E-state index is -3.34. The van der Waals surface area contributed by atoms with Crippen LogP contribution in [0.15, 0.2) is 29.2 Å². The molecule has 0 aliphatic carbocycles. The fourth-order valence-electron chi connectivity index (χ4n) is 4.21. The van der Waals surface area contributed by atoms with Crippen LogP contribution in [0, 0.1) is 11.8 Å². The molecule has 3 rings (SSSR count). The third-order valence-electron chi connectivity index (χ3n) is 6.07. The summed E-state index contributed by atoms with van der Waals surface area (Å²) < 4.78 is 27.5. The molecule has 0 bridgehead atoms. The first kappa shape index (κ1) is 19.8. The SMILES string of the molecule is CCCc1ccc(S(=O)(=O)N2CCC(CN3CCC(C)CC3)CC2)cc1. The van der Waals surface area contributed by atoms with E-state index in [1.807, 2.05) is 12.1 Å². The second-order valence-electron chi connectivity index (χ2n) is 8.22. The molecular formula is C21H34N2O2S. The van der Waals surface area contributed by atoms with Crippen molar-refractivity contribution < 1.29 is 8.42 Å². The van der Waals surface area contributed by atoms with Gasteiger partial charge >= 0.3 is 0 Å². The Bertz CT molecular complexity index is 656. The van der Waals surface area contributed by atoms with Gasteiger partial charge in [0.15, 0.2) is 0 Å². The molecule has 146 valence electrons. The first-order chi connectivity index (χ1) is 12.5. The third-order valence-corrected chi connectivity index (χ3v) is 7.98. The first-order valence-corrected chi connectivity index (χ1v) is 11.7. The van der Waals surface area contributed by atoms with Gasteiger partial charge in [0.05, 0.1) is 4.90 Å². The highest BCUT2D eigenvalue weighted by atomic mass is 32.2. The maximum Gasteiger partial charge on any atom is 0.243 e. The van der Waals surface area contributed by atoms with Gasteiger partial charge in [0.25, 0.3) is 0 Å². The third kappa shape index (κ3) is 4.87. The van der Waals surface area contributed by atoms with Gasteiger partial charge < -0.3 is 4.90 Å². The van der Waals surface area contributed by atoms with Gasteiger partial charge in [-0.25, -0.2) is 8.42 Å². The van der Waals surface area contributed by atoms with Crippen molar-refractivity contribution in [3.63, 3.8) is 0 Å². The number of benzene rings is 1. The van der Waals surface area contributed by atoms with Gasteiger partial charge in [-0.15, -0.1) is 0 Å². The number of likely N-dealkylation sites (tertiary alicyclic amines) is 1. The molecule has 0 aromatic heterocycles. The Kier molecular flexibility index (Phi) is 6.76. The zero-order chi connectivity index (χ0) is 18.6. The Morgan fingerprint density at radius 1 is 0.962 bits per heavy atom. The molecule has 2 saturated heterocycles. The molecule has 2 fully saturated rings. The molecule has 5 heteroatoms. The van der Waals surface area contributed by atoms with Gasteiger partial charge in [-0.1, -0.05) is 32.4 Å². The highest BCUT2D eigenvalue weighted by molar-refractivity contribution is 7.89. The van der Waals surface area contributed by atoms with Gasteiger partial charge in [0, 0.05) is 19.6 Å². The summed E-state index contributed by atoms with van der Waals surface area (Å²) in [6.07, 6.45) is 6.66. The van der Waals surface area contributed by atoms with E-state index >= 15 is 0 Å². The van der Waals surface area contributed by atoms with Gasteiger partial charge in [-0.05, 0) is 74.7 Å². The molecule has 0 atom stereocenters. The Labute approximate surface area is 159 Å². The number of hydrogen-bond acceptors (Lipinski definition) is 3. The summed E-state index contributed by atoms with van der Waals surface area (Å²) in [5, 5.41) is 0. The van der Waals surface area contributed by atoms with E-state index in [1.54, 1.807) is 16.4 Å². The standard InChI is InChI=1S/C21H34N2O2S/c1-3-4-19-5-7-21(8-6-19)26(24,25)23-15-11-20(12-16-23)17-22-13-9-18(2)10-14-22/h5-8,18,20H,3-4,9-17H2,1-2H3. The highest BCUT2D eigenvalue weighted by Crippen LogP contribution is 2.26. The summed E-state index contributed by atoms with van der Waals surface area (Å²) in [6, 6.07) is 7.48. The number of piperidine rings is 2. The second kappa shape index (κ2) is 8.85. The lowest BCUT2D eigenvalue weighted by Gasteiger charge is -2.36. The number of rotatable bonds is 6. The molecule has 2 aliphatic heterocycles. The van der Waals surface area contributed by atoms with Crippen LogP contribution >= 0.6 is 0 Å². The molecule has 2 heterocycles. The van der Waals surface area contributed by atoms with E-state index in [0.717, 1.165) is 38.1 Å². The molecule has 0 spiro atoms. The van der Waals surface area contributed by atoms with Crippen LogP contribution in [0.3, 0.4) is 0 Å². The summed E-state index contributed by atoms with van der Waals surface area (Å²) in [5.41, 5.74) is 1.21. The average molecular weight is 379 g/mol. The van der Waals surface area contributed by atoms with Crippen LogP contribution in [0.4, 0.5) is 0 Å². The van der Waals surface area contributed by atoms with Crippen molar-refractivity contribution in [2.45, 2.75) is 57.3 Å². The van der Waals surface area contributed by atoms with Crippen LogP contribution in [0.1, 0.15) is 51.5 Å². The van der Waals surface area contributed by atoms with Gasteiger partial charge in [-0.3, -0.25) is 0 Å². The molecule has 4 nitrogen and oxygen atoms in total. The van der Waals surface area contributed by atoms with Gasteiger partial charge in [0.2, 0.25) is 10.0 Å². The van der Waals surface area contributed by atoms with E-state index in [1.165, 1.54) is 31.5 Å². The zero-order valence-corrected chi connectivity index (χ0v) is 17.2. The maximum absolute atomic E-state index is 12.9. The van der Waals surface area contributed by atoms with Crippen molar-refractivity contribution in [1.82, 2.24) is 9.21 Å². The molecular weight excluding hydrogens is 344 g/mol. The monoisotopic (exact) mass is 378 g/mol. The van der Waals surface area contributed by atoms with E-state index in [-0.39, 0.29) is 0 Å². The van der Waals surface area contributed by atoms with Crippen molar-refractivity contribution in [3.8, 4) is 0 Å². The van der Waals surface area contributed by atoms with E-state index in [4.69, 9.17) is 0 Å². The van der Waals surface area contributed by atoms with Crippen LogP contribution in [-0.4, -0.2) is 50.3 Å². The van der Waals surface area contributed by atoms with Crippen molar-refractivity contribution >= 4 is 10.0 Å². The predicted molar refractivity (Wildman–Crippen MR) is 107 cm³/mol. The fraction of sp³-hybridized carbons (Fsp3) is 0.714. The number of aryl methyl sites for hydroxylation is 1. The summed E-state index contributed by atoms with van der Waals surface area (Å²) in [7, 11) is -3.34. The number of hydrogen-bond donors (Lipinski definition) is 0. The quantitative estimate of drug-likeness (QED) is 0.756. The molecule has 26 heavy (non-hydrogen) atoms. The van der Waals surface area contributed by atoms with Crippen molar-refractivity contribution in [3.05, 3.63) is 29.8 Å². The Morgan fingerprint density at radius 3 is 2.15 bits per heavy atom. The van der Waals surface area contributed by atoms with Gasteiger partial charge in [-0.2, -0.15) is 4.31 Å². The van der Waals surface area contributed by atoms with Crippen LogP contribution in [0.5, 0.6) is 0 Å². The van der Waals surface area contributed by atoms with Crippen molar-refractivity contribution in [1.29, 1.82) is 0 Å². The molecule has 0 saturated carbocycles. The second-order valence-corrected chi connectivity index (χ2v) is 10.2. The highest BCUT2D eigenvalue weighted by Gasteiger charge is 2.30. The van der Waals surface area contributed by atoms with E-state index in [0.29, 0.717) is 23.9 Å². The Morgan fingerprint density at radius 2 is 1.58 bits per heavy atom. The molecule has 0 amide bonds. The molecule has 1 aromatic rings. The van der Waals surface area contributed by atoms with Crippen molar-refractivity contribution in [2.24, 2.45) is 11.8 Å². The molecule has 1 aromatic carbocycles. The Balaban J connectivity index is 1.53. The maximum atomic E-state index is 12.9. The summed E-state index contributed by atoms with van der Waals surface area (Å²) in [5.74, 6) is 1.50. The number of sulfonamides is 1. The van der Waals surface area contributed by atoms with Crippen molar-refractivity contribution in [2.75, 3.05) is 32.7 Å². The van der Waals surface area contributed by atoms with E-state index < -0.39 is 10.0 Å². The van der Waals surface area contributed by atoms with Crippen LogP contribution in [-0.2, 0) is 16.4 Å².